The normalized spacial score (nSPS) is 16.0. The van der Waals surface area contributed by atoms with Gasteiger partial charge in [0.2, 0.25) is 5.91 Å². The van der Waals surface area contributed by atoms with Crippen molar-refractivity contribution in [2.45, 2.75) is 25.8 Å². The number of hydrogen-bond acceptors (Lipinski definition) is 6. The van der Waals surface area contributed by atoms with Gasteiger partial charge in [-0.2, -0.15) is 0 Å². The Morgan fingerprint density at radius 3 is 2.69 bits per heavy atom. The predicted molar refractivity (Wildman–Crippen MR) is 113 cm³/mol. The van der Waals surface area contributed by atoms with Gasteiger partial charge < -0.3 is 9.80 Å². The van der Waals surface area contributed by atoms with E-state index in [1.165, 1.54) is 23.0 Å². The fourth-order valence-electron chi connectivity index (χ4n) is 4.14. The number of benzene rings is 1. The Hall–Kier alpha value is -2.94. The van der Waals surface area contributed by atoms with Crippen molar-refractivity contribution in [1.82, 2.24) is 14.1 Å². The third kappa shape index (κ3) is 2.88. The van der Waals surface area contributed by atoms with Crippen LogP contribution in [-0.2, 0) is 24.8 Å². The van der Waals surface area contributed by atoms with Gasteiger partial charge in [-0.1, -0.05) is 29.5 Å². The first kappa shape index (κ1) is 18.1. The molecular weight excluding hydrogens is 390 g/mol. The Labute approximate surface area is 170 Å². The minimum absolute atomic E-state index is 0.138. The largest absolute Gasteiger partial charge is 0.348 e. The summed E-state index contributed by atoms with van der Waals surface area (Å²) in [6, 6.07) is 7.81. The second-order valence-electron chi connectivity index (χ2n) is 7.50. The van der Waals surface area contributed by atoms with Crippen molar-refractivity contribution in [1.29, 1.82) is 0 Å². The minimum atomic E-state index is -0.512. The number of carbonyl (C=O) groups excluding carboxylic acids is 1. The molecule has 2 aliphatic rings. The van der Waals surface area contributed by atoms with Gasteiger partial charge in [-0.15, -0.1) is 0 Å². The SMILES string of the molecule is Cn1c(=O)c2sc(N3CCCC3)nc2n(CC(=O)N2CCc3ccccc32)c1=O. The van der Waals surface area contributed by atoms with Crippen LogP contribution in [0.1, 0.15) is 18.4 Å². The van der Waals surface area contributed by atoms with E-state index >= 15 is 0 Å². The second-order valence-corrected chi connectivity index (χ2v) is 8.48. The van der Waals surface area contributed by atoms with Gasteiger partial charge >= 0.3 is 5.69 Å². The van der Waals surface area contributed by atoms with Crippen LogP contribution in [0.25, 0.3) is 10.3 Å². The molecule has 1 aromatic carbocycles. The van der Waals surface area contributed by atoms with Crippen LogP contribution >= 0.6 is 11.3 Å². The highest BCUT2D eigenvalue weighted by atomic mass is 32.1. The van der Waals surface area contributed by atoms with Crippen molar-refractivity contribution >= 4 is 38.4 Å². The maximum absolute atomic E-state index is 13.1. The molecule has 1 fully saturated rings. The summed E-state index contributed by atoms with van der Waals surface area (Å²) in [7, 11) is 1.45. The van der Waals surface area contributed by atoms with Gasteiger partial charge in [0.15, 0.2) is 10.8 Å². The molecule has 9 heteroatoms. The standard InChI is InChI=1S/C20H21N5O3S/c1-22-18(27)16-17(21-19(29-16)23-9-4-5-10-23)25(20(22)28)12-15(26)24-11-8-13-6-2-3-7-14(13)24/h2-3,6-7H,4-5,8-12H2,1H3. The zero-order valence-electron chi connectivity index (χ0n) is 16.1. The molecule has 8 nitrogen and oxygen atoms in total. The van der Waals surface area contributed by atoms with E-state index in [4.69, 9.17) is 0 Å². The molecule has 0 spiro atoms. The van der Waals surface area contributed by atoms with Crippen LogP contribution < -0.4 is 21.0 Å². The highest BCUT2D eigenvalue weighted by molar-refractivity contribution is 7.22. The summed E-state index contributed by atoms with van der Waals surface area (Å²) >= 11 is 1.30. The lowest BCUT2D eigenvalue weighted by molar-refractivity contribution is -0.119. The first-order chi connectivity index (χ1) is 14.0. The first-order valence-electron chi connectivity index (χ1n) is 9.78. The summed E-state index contributed by atoms with van der Waals surface area (Å²) < 4.78 is 2.83. The van der Waals surface area contributed by atoms with E-state index in [1.807, 2.05) is 24.3 Å². The third-order valence-electron chi connectivity index (χ3n) is 5.73. The molecule has 4 heterocycles. The van der Waals surface area contributed by atoms with Gasteiger partial charge in [0.25, 0.3) is 5.56 Å². The van der Waals surface area contributed by atoms with Crippen LogP contribution in [0, 0.1) is 0 Å². The zero-order valence-corrected chi connectivity index (χ0v) is 16.9. The van der Waals surface area contributed by atoms with Gasteiger partial charge in [-0.25, -0.2) is 9.78 Å². The average Bonchev–Trinajstić information content (AvgIpc) is 3.47. The predicted octanol–water partition coefficient (Wildman–Crippen LogP) is 1.35. The van der Waals surface area contributed by atoms with E-state index in [0.29, 0.717) is 16.9 Å². The molecule has 0 N–H and O–H groups in total. The minimum Gasteiger partial charge on any atom is -0.348 e. The van der Waals surface area contributed by atoms with Crippen LogP contribution in [0.2, 0.25) is 0 Å². The van der Waals surface area contributed by atoms with E-state index in [9.17, 15) is 14.4 Å². The summed E-state index contributed by atoms with van der Waals surface area (Å²) in [5, 5.41) is 0.743. The van der Waals surface area contributed by atoms with Gasteiger partial charge in [0, 0.05) is 32.4 Å². The molecule has 0 aliphatic carbocycles. The number of para-hydroxylation sites is 1. The smallest absolute Gasteiger partial charge is 0.332 e. The van der Waals surface area contributed by atoms with Gasteiger partial charge in [0.05, 0.1) is 0 Å². The Kier molecular flexibility index (Phi) is 4.27. The molecule has 29 heavy (non-hydrogen) atoms. The molecule has 0 saturated carbocycles. The number of rotatable bonds is 3. The fraction of sp³-hybridized carbons (Fsp3) is 0.400. The molecule has 3 aromatic rings. The number of nitrogens with zero attached hydrogens (tertiary/aromatic N) is 5. The topological polar surface area (TPSA) is 80.4 Å². The Morgan fingerprint density at radius 2 is 1.90 bits per heavy atom. The number of anilines is 2. The molecule has 1 amide bonds. The van der Waals surface area contributed by atoms with E-state index in [1.54, 1.807) is 4.90 Å². The molecule has 2 aliphatic heterocycles. The van der Waals surface area contributed by atoms with Crippen LogP contribution in [0.5, 0.6) is 0 Å². The molecular formula is C20H21N5O3S. The molecule has 0 atom stereocenters. The second kappa shape index (κ2) is 6.84. The molecule has 2 aromatic heterocycles. The molecule has 0 unspecified atom stereocenters. The number of carbonyl (C=O) groups is 1. The Bertz CT molecular complexity index is 1240. The monoisotopic (exact) mass is 411 g/mol. The van der Waals surface area contributed by atoms with Gasteiger partial charge in [-0.05, 0) is 30.9 Å². The van der Waals surface area contributed by atoms with Crippen molar-refractivity contribution < 1.29 is 4.79 Å². The van der Waals surface area contributed by atoms with Gasteiger partial charge in [0.1, 0.15) is 11.2 Å². The number of hydrogen-bond donors (Lipinski definition) is 0. The fourth-order valence-corrected chi connectivity index (χ4v) is 5.24. The van der Waals surface area contributed by atoms with Crippen LogP contribution in [-0.4, -0.2) is 39.7 Å². The van der Waals surface area contributed by atoms with Crippen molar-refractivity contribution in [2.24, 2.45) is 7.05 Å². The summed E-state index contributed by atoms with van der Waals surface area (Å²) in [4.78, 5) is 47.0. The highest BCUT2D eigenvalue weighted by Crippen LogP contribution is 2.30. The molecule has 5 rings (SSSR count). The maximum Gasteiger partial charge on any atom is 0.332 e. The summed E-state index contributed by atoms with van der Waals surface area (Å²) in [5.41, 5.74) is 1.46. The quantitative estimate of drug-likeness (QED) is 0.650. The molecule has 0 bridgehead atoms. The summed E-state index contributed by atoms with van der Waals surface area (Å²) in [6.45, 7) is 2.25. The van der Waals surface area contributed by atoms with E-state index in [2.05, 4.69) is 9.88 Å². The Balaban J connectivity index is 1.56. The average molecular weight is 411 g/mol. The third-order valence-corrected chi connectivity index (χ3v) is 6.82. The number of amides is 1. The van der Waals surface area contributed by atoms with E-state index in [0.717, 1.165) is 53.3 Å². The summed E-state index contributed by atoms with van der Waals surface area (Å²) in [5.74, 6) is -0.173. The lowest BCUT2D eigenvalue weighted by Gasteiger charge is -2.18. The zero-order chi connectivity index (χ0) is 20.1. The van der Waals surface area contributed by atoms with Crippen LogP contribution in [0.3, 0.4) is 0 Å². The number of thiazole rings is 1. The van der Waals surface area contributed by atoms with Crippen LogP contribution in [0.4, 0.5) is 10.8 Å². The van der Waals surface area contributed by atoms with Crippen molar-refractivity contribution in [2.75, 3.05) is 29.4 Å². The van der Waals surface area contributed by atoms with E-state index in [-0.39, 0.29) is 18.0 Å². The maximum atomic E-state index is 13.1. The van der Waals surface area contributed by atoms with Crippen molar-refractivity contribution in [3.8, 4) is 0 Å². The highest BCUT2D eigenvalue weighted by Gasteiger charge is 2.27. The van der Waals surface area contributed by atoms with Crippen molar-refractivity contribution in [3.63, 3.8) is 0 Å². The van der Waals surface area contributed by atoms with E-state index < -0.39 is 5.69 Å². The molecule has 1 saturated heterocycles. The lowest BCUT2D eigenvalue weighted by atomic mass is 10.2. The Morgan fingerprint density at radius 1 is 1.14 bits per heavy atom. The molecule has 0 radical (unpaired) electrons. The summed E-state index contributed by atoms with van der Waals surface area (Å²) in [6.07, 6.45) is 2.98. The van der Waals surface area contributed by atoms with Gasteiger partial charge in [-0.3, -0.25) is 18.7 Å². The number of fused-ring (bicyclic) bond motifs is 2. The van der Waals surface area contributed by atoms with Crippen LogP contribution in [0.15, 0.2) is 33.9 Å². The number of aromatic nitrogens is 3. The first-order valence-corrected chi connectivity index (χ1v) is 10.6. The van der Waals surface area contributed by atoms with Crippen molar-refractivity contribution in [3.05, 3.63) is 50.7 Å². The molecule has 150 valence electrons. The lowest BCUT2D eigenvalue weighted by Crippen LogP contribution is -2.42.